The van der Waals surface area contributed by atoms with Crippen LogP contribution in [0.1, 0.15) is 16.7 Å². The van der Waals surface area contributed by atoms with Gasteiger partial charge in [-0.05, 0) is 60.5 Å². The number of benzene rings is 3. The monoisotopic (exact) mass is 437 g/mol. The van der Waals surface area contributed by atoms with Crippen molar-refractivity contribution in [1.29, 1.82) is 0 Å². The second kappa shape index (κ2) is 8.89. The summed E-state index contributed by atoms with van der Waals surface area (Å²) in [6, 6.07) is 26.2. The number of amidine groups is 1. The number of thioether (sulfide) groups is 1. The van der Waals surface area contributed by atoms with Crippen molar-refractivity contribution >= 4 is 45.5 Å². The number of hydrogen-bond donors (Lipinski definition) is 1. The molecule has 0 saturated carbocycles. The predicted octanol–water partition coefficient (Wildman–Crippen LogP) is 6.32. The van der Waals surface area contributed by atoms with E-state index in [0.717, 1.165) is 28.4 Å². The summed E-state index contributed by atoms with van der Waals surface area (Å²) in [4.78, 5) is 24.0. The van der Waals surface area contributed by atoms with Gasteiger partial charge in [0.15, 0.2) is 5.17 Å². The molecule has 158 valence electrons. The van der Waals surface area contributed by atoms with Crippen LogP contribution in [0.2, 0.25) is 0 Å². The van der Waals surface area contributed by atoms with Crippen molar-refractivity contribution in [2.24, 2.45) is 4.99 Å². The number of para-hydroxylation sites is 2. The van der Waals surface area contributed by atoms with Gasteiger partial charge in [-0.2, -0.15) is 0 Å². The van der Waals surface area contributed by atoms with Crippen LogP contribution < -0.4 is 0 Å². The molecule has 0 radical (unpaired) electrons. The number of amides is 1. The van der Waals surface area contributed by atoms with E-state index in [9.17, 15) is 4.79 Å². The molecule has 5 rings (SSSR count). The Kier molecular flexibility index (Phi) is 5.65. The van der Waals surface area contributed by atoms with Gasteiger partial charge in [0.25, 0.3) is 5.91 Å². The zero-order valence-electron chi connectivity index (χ0n) is 17.8. The van der Waals surface area contributed by atoms with Crippen LogP contribution in [-0.2, 0) is 11.2 Å². The third kappa shape index (κ3) is 4.25. The van der Waals surface area contributed by atoms with E-state index in [1.807, 2.05) is 66.9 Å². The maximum Gasteiger partial charge on any atom is 0.266 e. The molecule has 0 aliphatic carbocycles. The van der Waals surface area contributed by atoms with Gasteiger partial charge in [-0.1, -0.05) is 66.2 Å². The Morgan fingerprint density at radius 3 is 2.53 bits per heavy atom. The van der Waals surface area contributed by atoms with Crippen LogP contribution in [0.4, 0.5) is 5.69 Å². The Morgan fingerprint density at radius 2 is 1.72 bits per heavy atom. The smallest absolute Gasteiger partial charge is 0.266 e. The molecule has 1 saturated heterocycles. The molecule has 4 nitrogen and oxygen atoms in total. The molecule has 0 atom stereocenters. The van der Waals surface area contributed by atoms with Crippen LogP contribution in [-0.4, -0.2) is 27.5 Å². The number of nitrogens with zero attached hydrogens (tertiary/aromatic N) is 2. The fraction of sp³-hybridized carbons (Fsp3) is 0.111. The molecule has 1 amide bonds. The van der Waals surface area contributed by atoms with Crippen molar-refractivity contribution in [3.8, 4) is 0 Å². The first-order chi connectivity index (χ1) is 15.7. The number of aromatic amines is 1. The number of carbonyl (C=O) groups is 1. The fourth-order valence-electron chi connectivity index (χ4n) is 3.79. The Labute approximate surface area is 191 Å². The van der Waals surface area contributed by atoms with Crippen molar-refractivity contribution in [3.63, 3.8) is 0 Å². The minimum absolute atomic E-state index is 0.00472. The first kappa shape index (κ1) is 20.3. The van der Waals surface area contributed by atoms with E-state index in [4.69, 9.17) is 4.99 Å². The third-order valence-electron chi connectivity index (χ3n) is 5.52. The average molecular weight is 438 g/mol. The molecule has 1 aromatic heterocycles. The van der Waals surface area contributed by atoms with Gasteiger partial charge < -0.3 is 4.98 Å². The lowest BCUT2D eigenvalue weighted by molar-refractivity contribution is -0.122. The highest BCUT2D eigenvalue weighted by Crippen LogP contribution is 2.34. The first-order valence-corrected chi connectivity index (χ1v) is 11.5. The van der Waals surface area contributed by atoms with Crippen LogP contribution in [0.25, 0.3) is 17.0 Å². The summed E-state index contributed by atoms with van der Waals surface area (Å²) in [5.74, 6) is 0.00472. The normalized spacial score (nSPS) is 16.5. The number of aromatic nitrogens is 1. The number of hydrogen-bond acceptors (Lipinski definition) is 3. The van der Waals surface area contributed by atoms with Crippen LogP contribution in [0.15, 0.2) is 95.0 Å². The van der Waals surface area contributed by atoms with E-state index in [-0.39, 0.29) is 5.91 Å². The Bertz CT molecular complexity index is 1320. The van der Waals surface area contributed by atoms with Crippen molar-refractivity contribution < 1.29 is 4.79 Å². The maximum absolute atomic E-state index is 13.3. The third-order valence-corrected chi connectivity index (χ3v) is 6.53. The van der Waals surface area contributed by atoms with Crippen molar-refractivity contribution in [2.75, 3.05) is 6.54 Å². The number of carbonyl (C=O) groups excluding carboxylic acids is 1. The molecule has 0 bridgehead atoms. The molecule has 5 heteroatoms. The summed E-state index contributed by atoms with van der Waals surface area (Å²) in [6.07, 6.45) is 4.75. The zero-order chi connectivity index (χ0) is 21.9. The summed E-state index contributed by atoms with van der Waals surface area (Å²) < 4.78 is 0. The quantitative estimate of drug-likeness (QED) is 0.371. The average Bonchev–Trinajstić information content (AvgIpc) is 3.35. The number of aryl methyl sites for hydroxylation is 1. The van der Waals surface area contributed by atoms with Gasteiger partial charge in [0.1, 0.15) is 0 Å². The van der Waals surface area contributed by atoms with Crippen molar-refractivity contribution in [3.05, 3.63) is 107 Å². The van der Waals surface area contributed by atoms with Crippen molar-refractivity contribution in [2.45, 2.75) is 13.3 Å². The summed E-state index contributed by atoms with van der Waals surface area (Å²) >= 11 is 1.44. The number of aliphatic imine (C=N–C) groups is 1. The largest absolute Gasteiger partial charge is 0.361 e. The molecule has 2 heterocycles. The summed E-state index contributed by atoms with van der Waals surface area (Å²) in [5, 5.41) is 1.92. The van der Waals surface area contributed by atoms with E-state index in [2.05, 4.69) is 36.2 Å². The topological polar surface area (TPSA) is 48.5 Å². The summed E-state index contributed by atoms with van der Waals surface area (Å²) in [5.41, 5.74) is 5.38. The van der Waals surface area contributed by atoms with Crippen LogP contribution in [0, 0.1) is 6.92 Å². The standard InChI is InChI=1S/C27H23N3OS/c1-19-11-13-20(14-12-19)17-25-26(31)30(27(32-25)29-22-7-3-2-4-8-22)16-15-21-18-28-24-10-6-5-9-23(21)24/h2-14,17-18,28H,15-16H2,1H3/b25-17+,29-27?. The van der Waals surface area contributed by atoms with Gasteiger partial charge in [-0.15, -0.1) is 0 Å². The molecular formula is C27H23N3OS. The Hall–Kier alpha value is -3.57. The van der Waals surface area contributed by atoms with Crippen LogP contribution >= 0.6 is 11.8 Å². The van der Waals surface area contributed by atoms with Gasteiger partial charge in [0.2, 0.25) is 0 Å². The lowest BCUT2D eigenvalue weighted by Crippen LogP contribution is -2.31. The molecule has 1 N–H and O–H groups in total. The van der Waals surface area contributed by atoms with Crippen molar-refractivity contribution in [1.82, 2.24) is 9.88 Å². The summed E-state index contributed by atoms with van der Waals surface area (Å²) in [7, 11) is 0. The highest BCUT2D eigenvalue weighted by atomic mass is 32.2. The molecule has 0 spiro atoms. The van der Waals surface area contributed by atoms with E-state index in [0.29, 0.717) is 11.4 Å². The molecule has 1 fully saturated rings. The number of nitrogens with one attached hydrogen (secondary N) is 1. The maximum atomic E-state index is 13.3. The lowest BCUT2D eigenvalue weighted by Gasteiger charge is -2.15. The molecular weight excluding hydrogens is 414 g/mol. The minimum Gasteiger partial charge on any atom is -0.361 e. The van der Waals surface area contributed by atoms with E-state index in [1.165, 1.54) is 28.3 Å². The number of rotatable bonds is 5. The van der Waals surface area contributed by atoms with Gasteiger partial charge >= 0.3 is 0 Å². The van der Waals surface area contributed by atoms with Crippen LogP contribution in [0.5, 0.6) is 0 Å². The lowest BCUT2D eigenvalue weighted by atomic mass is 10.1. The number of H-pyrrole nitrogens is 1. The van der Waals surface area contributed by atoms with Gasteiger partial charge in [-0.25, -0.2) is 4.99 Å². The molecule has 32 heavy (non-hydrogen) atoms. The molecule has 4 aromatic rings. The highest BCUT2D eigenvalue weighted by Gasteiger charge is 2.33. The predicted molar refractivity (Wildman–Crippen MR) is 134 cm³/mol. The minimum atomic E-state index is 0.00472. The Morgan fingerprint density at radius 1 is 0.969 bits per heavy atom. The molecule has 1 aliphatic rings. The highest BCUT2D eigenvalue weighted by molar-refractivity contribution is 8.18. The second-order valence-corrected chi connectivity index (χ2v) is 8.83. The van der Waals surface area contributed by atoms with E-state index < -0.39 is 0 Å². The second-order valence-electron chi connectivity index (χ2n) is 7.82. The van der Waals surface area contributed by atoms with E-state index >= 15 is 0 Å². The van der Waals surface area contributed by atoms with Gasteiger partial charge in [-0.3, -0.25) is 9.69 Å². The van der Waals surface area contributed by atoms with Crippen LogP contribution in [0.3, 0.4) is 0 Å². The number of fused-ring (bicyclic) bond motifs is 1. The first-order valence-electron chi connectivity index (χ1n) is 10.6. The fourth-order valence-corrected chi connectivity index (χ4v) is 4.81. The summed E-state index contributed by atoms with van der Waals surface area (Å²) in [6.45, 7) is 2.63. The van der Waals surface area contributed by atoms with Gasteiger partial charge in [0, 0.05) is 23.6 Å². The van der Waals surface area contributed by atoms with E-state index in [1.54, 1.807) is 4.90 Å². The molecule has 1 aliphatic heterocycles. The molecule has 3 aromatic carbocycles. The Balaban J connectivity index is 1.45. The molecule has 0 unspecified atom stereocenters. The van der Waals surface area contributed by atoms with Gasteiger partial charge in [0.05, 0.1) is 10.6 Å². The zero-order valence-corrected chi connectivity index (χ0v) is 18.6. The SMILES string of the molecule is Cc1ccc(/C=C2/SC(=Nc3ccccc3)N(CCc3c[nH]c4ccccc34)C2=O)cc1.